The number of hydrogen-bond donors (Lipinski definition) is 0. The van der Waals surface area contributed by atoms with E-state index in [9.17, 15) is 0 Å². The third kappa shape index (κ3) is 3.73. The molecule has 1 unspecified atom stereocenters. The normalized spacial score (nSPS) is 12.7. The highest BCUT2D eigenvalue weighted by molar-refractivity contribution is 9.09. The summed E-state index contributed by atoms with van der Waals surface area (Å²) in [6.07, 6.45) is 2.37. The van der Waals surface area contributed by atoms with Crippen molar-refractivity contribution in [3.63, 3.8) is 0 Å². The van der Waals surface area contributed by atoms with Gasteiger partial charge in [0, 0.05) is 0 Å². The Morgan fingerprint density at radius 1 is 0.800 bits per heavy atom. The molecular weight excluding hydrogens is 308 g/mol. The number of benzene rings is 2. The third-order valence-electron chi connectivity index (χ3n) is 3.71. The molecule has 2 rings (SSSR count). The van der Waals surface area contributed by atoms with Gasteiger partial charge >= 0.3 is 0 Å². The van der Waals surface area contributed by atoms with Crippen LogP contribution < -0.4 is 0 Å². The Labute approximate surface area is 131 Å². The van der Waals surface area contributed by atoms with Crippen LogP contribution in [-0.2, 0) is 6.42 Å². The minimum atomic E-state index is 0.277. The van der Waals surface area contributed by atoms with E-state index in [0.717, 1.165) is 6.42 Å². The Morgan fingerprint density at radius 3 is 1.70 bits per heavy atom. The predicted octanol–water partition coefficient (Wildman–Crippen LogP) is 6.25. The fourth-order valence-corrected chi connectivity index (χ4v) is 2.99. The van der Waals surface area contributed by atoms with E-state index >= 15 is 0 Å². The summed E-state index contributed by atoms with van der Waals surface area (Å²) in [7, 11) is 0. The topological polar surface area (TPSA) is 0 Å². The molecule has 2 aromatic carbocycles. The second-order valence-electron chi connectivity index (χ2n) is 5.68. The molecule has 0 aliphatic carbocycles. The highest BCUT2D eigenvalue weighted by Crippen LogP contribution is 2.31. The number of rotatable bonds is 5. The fourth-order valence-electron chi connectivity index (χ4n) is 2.38. The van der Waals surface area contributed by atoms with Gasteiger partial charge in [0.05, 0.1) is 4.83 Å². The van der Waals surface area contributed by atoms with Crippen LogP contribution in [0.25, 0.3) is 0 Å². The van der Waals surface area contributed by atoms with Crippen molar-refractivity contribution >= 4 is 15.9 Å². The largest absolute Gasteiger partial charge is 0.0786 e. The van der Waals surface area contributed by atoms with Gasteiger partial charge in [-0.05, 0) is 34.6 Å². The summed E-state index contributed by atoms with van der Waals surface area (Å²) in [5.74, 6) is 0.589. The maximum Gasteiger partial charge on any atom is 0.0644 e. The van der Waals surface area contributed by atoms with Crippen LogP contribution in [0.5, 0.6) is 0 Å². The molecule has 0 fully saturated rings. The lowest BCUT2D eigenvalue weighted by Gasteiger charge is -2.13. The summed E-state index contributed by atoms with van der Waals surface area (Å²) < 4.78 is 0. The van der Waals surface area contributed by atoms with Crippen LogP contribution in [0, 0.1) is 0 Å². The summed E-state index contributed by atoms with van der Waals surface area (Å²) in [6, 6.07) is 17.9. The van der Waals surface area contributed by atoms with Gasteiger partial charge in [-0.3, -0.25) is 0 Å². The number of halogens is 1. The summed E-state index contributed by atoms with van der Waals surface area (Å²) in [5.41, 5.74) is 5.46. The Bertz CT molecular complexity index is 523. The van der Waals surface area contributed by atoms with E-state index in [1.165, 1.54) is 28.7 Å². The minimum Gasteiger partial charge on any atom is -0.0786 e. The smallest absolute Gasteiger partial charge is 0.0644 e. The van der Waals surface area contributed by atoms with Crippen LogP contribution in [0.2, 0.25) is 0 Å². The predicted molar refractivity (Wildman–Crippen MR) is 91.7 cm³/mol. The minimum absolute atomic E-state index is 0.277. The molecule has 1 heteroatoms. The van der Waals surface area contributed by atoms with E-state index in [-0.39, 0.29) is 4.83 Å². The molecule has 0 heterocycles. The lowest BCUT2D eigenvalue weighted by Crippen LogP contribution is -1.95. The fraction of sp³-hybridized carbons (Fsp3) is 0.368. The first-order valence-corrected chi connectivity index (χ1v) is 8.36. The molecule has 2 aromatic rings. The van der Waals surface area contributed by atoms with Gasteiger partial charge in [0.25, 0.3) is 0 Å². The Hall–Kier alpha value is -1.08. The van der Waals surface area contributed by atoms with E-state index < -0.39 is 0 Å². The van der Waals surface area contributed by atoms with Crippen molar-refractivity contribution in [2.75, 3.05) is 0 Å². The number of hydrogen-bond acceptors (Lipinski definition) is 0. The average Bonchev–Trinajstić information content (AvgIpc) is 2.48. The molecule has 106 valence electrons. The van der Waals surface area contributed by atoms with Crippen molar-refractivity contribution < 1.29 is 0 Å². The molecule has 20 heavy (non-hydrogen) atoms. The maximum absolute atomic E-state index is 3.82. The van der Waals surface area contributed by atoms with Gasteiger partial charge in [0.1, 0.15) is 0 Å². The van der Waals surface area contributed by atoms with Crippen molar-refractivity contribution in [3.05, 3.63) is 70.8 Å². The highest BCUT2D eigenvalue weighted by atomic mass is 79.9. The van der Waals surface area contributed by atoms with Crippen molar-refractivity contribution in [2.24, 2.45) is 0 Å². The molecule has 0 aliphatic rings. The zero-order valence-corrected chi connectivity index (χ0v) is 14.2. The number of alkyl halides is 1. The summed E-state index contributed by atoms with van der Waals surface area (Å²) in [6.45, 7) is 6.68. The van der Waals surface area contributed by atoms with Crippen LogP contribution in [0.15, 0.2) is 48.5 Å². The first-order chi connectivity index (χ1) is 9.61. The Morgan fingerprint density at radius 2 is 1.25 bits per heavy atom. The lowest BCUT2D eigenvalue weighted by molar-refractivity contribution is 0.865. The maximum atomic E-state index is 3.82. The SMILES string of the molecule is CCCc1ccc(C(Br)c2ccc(C(C)C)cc2)cc1. The van der Waals surface area contributed by atoms with Crippen molar-refractivity contribution in [3.8, 4) is 0 Å². The quantitative estimate of drug-likeness (QED) is 0.568. The molecule has 0 N–H and O–H groups in total. The Kier molecular flexibility index (Phi) is 5.42. The van der Waals surface area contributed by atoms with E-state index in [1.54, 1.807) is 0 Å². The third-order valence-corrected chi connectivity index (χ3v) is 4.76. The molecule has 0 aliphatic heterocycles. The molecule has 0 saturated heterocycles. The van der Waals surface area contributed by atoms with Gasteiger partial charge in [-0.1, -0.05) is 91.7 Å². The van der Waals surface area contributed by atoms with Crippen LogP contribution in [0.3, 0.4) is 0 Å². The number of aryl methyl sites for hydroxylation is 1. The second kappa shape index (κ2) is 7.08. The molecule has 0 bridgehead atoms. The molecular formula is C19H23Br. The zero-order valence-electron chi connectivity index (χ0n) is 12.6. The molecule has 0 spiro atoms. The van der Waals surface area contributed by atoms with Crippen LogP contribution in [-0.4, -0.2) is 0 Å². The lowest BCUT2D eigenvalue weighted by atomic mass is 9.98. The summed E-state index contributed by atoms with van der Waals surface area (Å²) in [4.78, 5) is 0.277. The zero-order chi connectivity index (χ0) is 14.5. The average molecular weight is 331 g/mol. The second-order valence-corrected chi connectivity index (χ2v) is 6.59. The van der Waals surface area contributed by atoms with Gasteiger partial charge < -0.3 is 0 Å². The molecule has 0 saturated carbocycles. The van der Waals surface area contributed by atoms with Crippen LogP contribution >= 0.6 is 15.9 Å². The highest BCUT2D eigenvalue weighted by Gasteiger charge is 2.10. The van der Waals surface area contributed by atoms with E-state index in [4.69, 9.17) is 0 Å². The van der Waals surface area contributed by atoms with Crippen LogP contribution in [0.1, 0.15) is 60.2 Å². The monoisotopic (exact) mass is 330 g/mol. The molecule has 0 aromatic heterocycles. The van der Waals surface area contributed by atoms with Crippen molar-refractivity contribution in [1.82, 2.24) is 0 Å². The van der Waals surface area contributed by atoms with Crippen molar-refractivity contribution in [1.29, 1.82) is 0 Å². The Balaban J connectivity index is 2.15. The van der Waals surface area contributed by atoms with E-state index in [0.29, 0.717) is 5.92 Å². The van der Waals surface area contributed by atoms with E-state index in [1.807, 2.05) is 0 Å². The van der Waals surface area contributed by atoms with Gasteiger partial charge in [0.2, 0.25) is 0 Å². The molecule has 0 nitrogen and oxygen atoms in total. The van der Waals surface area contributed by atoms with Crippen LogP contribution in [0.4, 0.5) is 0 Å². The van der Waals surface area contributed by atoms with Gasteiger partial charge in [0.15, 0.2) is 0 Å². The first-order valence-electron chi connectivity index (χ1n) is 7.44. The first kappa shape index (κ1) is 15.3. The van der Waals surface area contributed by atoms with E-state index in [2.05, 4.69) is 85.2 Å². The van der Waals surface area contributed by atoms with Gasteiger partial charge in [-0.2, -0.15) is 0 Å². The van der Waals surface area contributed by atoms with Gasteiger partial charge in [-0.25, -0.2) is 0 Å². The molecule has 0 amide bonds. The van der Waals surface area contributed by atoms with Crippen molar-refractivity contribution in [2.45, 2.75) is 44.4 Å². The molecule has 1 atom stereocenters. The van der Waals surface area contributed by atoms with Gasteiger partial charge in [-0.15, -0.1) is 0 Å². The molecule has 0 radical (unpaired) electrons. The standard InChI is InChI=1S/C19H23Br/c1-4-5-15-6-8-17(9-7-15)19(20)18-12-10-16(11-13-18)14(2)3/h6-14,19H,4-5H2,1-3H3. The summed E-state index contributed by atoms with van der Waals surface area (Å²) >= 11 is 3.82. The summed E-state index contributed by atoms with van der Waals surface area (Å²) in [5, 5.41) is 0.